The summed E-state index contributed by atoms with van der Waals surface area (Å²) >= 11 is 1.55. The molecule has 0 fully saturated rings. The summed E-state index contributed by atoms with van der Waals surface area (Å²) in [5.74, 6) is -1.12. The summed E-state index contributed by atoms with van der Waals surface area (Å²) in [6.07, 6.45) is 0. The third-order valence-corrected chi connectivity index (χ3v) is 5.71. The van der Waals surface area contributed by atoms with Gasteiger partial charge < -0.3 is 4.90 Å². The van der Waals surface area contributed by atoms with Gasteiger partial charge in [-0.05, 0) is 32.9 Å². The first-order valence-corrected chi connectivity index (χ1v) is 8.77. The van der Waals surface area contributed by atoms with Crippen LogP contribution >= 0.6 is 11.3 Å². The Hall–Kier alpha value is -2.54. The molecule has 1 atom stereocenters. The number of hydrogen-bond donors (Lipinski definition) is 0. The maximum Gasteiger partial charge on any atom is 0.262 e. The van der Waals surface area contributed by atoms with E-state index in [1.807, 2.05) is 20.8 Å². The number of carbonyl (C=O) groups excluding carboxylic acids is 3. The van der Waals surface area contributed by atoms with E-state index >= 15 is 0 Å². The van der Waals surface area contributed by atoms with Crippen molar-refractivity contribution in [3.63, 3.8) is 0 Å². The molecule has 6 nitrogen and oxygen atoms in total. The molecule has 1 aliphatic heterocycles. The minimum Gasteiger partial charge on any atom is -0.337 e. The second-order valence-electron chi connectivity index (χ2n) is 6.11. The Labute approximate surface area is 150 Å². The lowest BCUT2D eigenvalue weighted by atomic mass is 10.1. The van der Waals surface area contributed by atoms with Crippen molar-refractivity contribution in [3.8, 4) is 0 Å². The van der Waals surface area contributed by atoms with Crippen LogP contribution in [0.25, 0.3) is 0 Å². The lowest BCUT2D eigenvalue weighted by molar-refractivity contribution is -0.132. The minimum atomic E-state index is -0.417. The monoisotopic (exact) mass is 357 g/mol. The summed E-state index contributed by atoms with van der Waals surface area (Å²) in [7, 11) is 1.68. The van der Waals surface area contributed by atoms with E-state index in [1.165, 1.54) is 0 Å². The van der Waals surface area contributed by atoms with E-state index in [0.29, 0.717) is 11.1 Å². The van der Waals surface area contributed by atoms with Gasteiger partial charge in [0.1, 0.15) is 6.54 Å². The third kappa shape index (κ3) is 2.95. The Balaban J connectivity index is 1.75. The van der Waals surface area contributed by atoms with Crippen LogP contribution in [0.3, 0.4) is 0 Å². The number of rotatable bonds is 4. The standard InChI is InChI=1S/C18H19N3O3S/c1-10-16(25-12(3)19-10)11(2)20(4)15(22)9-21-17(23)13-7-5-6-8-14(13)18(21)24/h5-8,11H,9H2,1-4H3. The van der Waals surface area contributed by atoms with E-state index in [-0.39, 0.29) is 18.5 Å². The third-order valence-electron chi connectivity index (χ3n) is 4.46. The van der Waals surface area contributed by atoms with Gasteiger partial charge in [0.05, 0.1) is 27.9 Å². The first kappa shape index (κ1) is 17.3. The van der Waals surface area contributed by atoms with Crippen molar-refractivity contribution in [3.05, 3.63) is 51.0 Å². The average molecular weight is 357 g/mol. The molecule has 0 spiro atoms. The minimum absolute atomic E-state index is 0.172. The molecule has 0 saturated carbocycles. The molecule has 25 heavy (non-hydrogen) atoms. The number of carbonyl (C=O) groups is 3. The van der Waals surface area contributed by atoms with Crippen LogP contribution in [-0.4, -0.2) is 46.1 Å². The van der Waals surface area contributed by atoms with E-state index in [2.05, 4.69) is 4.98 Å². The second kappa shape index (κ2) is 6.40. The van der Waals surface area contributed by atoms with Gasteiger partial charge in [-0.15, -0.1) is 11.3 Å². The van der Waals surface area contributed by atoms with Crippen LogP contribution in [0.4, 0.5) is 0 Å². The number of nitrogens with zero attached hydrogens (tertiary/aromatic N) is 3. The zero-order valence-corrected chi connectivity index (χ0v) is 15.4. The molecule has 1 aromatic carbocycles. The van der Waals surface area contributed by atoms with Gasteiger partial charge in [0.25, 0.3) is 11.8 Å². The highest BCUT2D eigenvalue weighted by molar-refractivity contribution is 7.11. The van der Waals surface area contributed by atoms with Crippen molar-refractivity contribution in [1.29, 1.82) is 0 Å². The molecule has 1 aliphatic rings. The molecule has 0 radical (unpaired) electrons. The fraction of sp³-hybridized carbons (Fsp3) is 0.333. The number of aryl methyl sites for hydroxylation is 2. The highest BCUT2D eigenvalue weighted by Gasteiger charge is 2.37. The van der Waals surface area contributed by atoms with Crippen molar-refractivity contribution >= 4 is 29.1 Å². The van der Waals surface area contributed by atoms with E-state index in [4.69, 9.17) is 0 Å². The van der Waals surface area contributed by atoms with Gasteiger partial charge in [0.2, 0.25) is 5.91 Å². The molecular formula is C18H19N3O3S. The molecule has 3 rings (SSSR count). The number of imide groups is 1. The van der Waals surface area contributed by atoms with Crippen LogP contribution < -0.4 is 0 Å². The van der Waals surface area contributed by atoms with Crippen LogP contribution in [0.2, 0.25) is 0 Å². The summed E-state index contributed by atoms with van der Waals surface area (Å²) in [4.78, 5) is 45.4. The molecule has 2 aromatic rings. The number of hydrogen-bond acceptors (Lipinski definition) is 5. The van der Waals surface area contributed by atoms with Gasteiger partial charge in [-0.1, -0.05) is 12.1 Å². The predicted molar refractivity (Wildman–Crippen MR) is 94.6 cm³/mol. The van der Waals surface area contributed by atoms with Crippen LogP contribution in [0.15, 0.2) is 24.3 Å². The summed E-state index contributed by atoms with van der Waals surface area (Å²) < 4.78 is 0. The van der Waals surface area contributed by atoms with Gasteiger partial charge >= 0.3 is 0 Å². The molecule has 2 heterocycles. The number of aromatic nitrogens is 1. The smallest absolute Gasteiger partial charge is 0.262 e. The van der Waals surface area contributed by atoms with Crippen molar-refractivity contribution in [1.82, 2.24) is 14.8 Å². The van der Waals surface area contributed by atoms with Crippen LogP contribution in [-0.2, 0) is 4.79 Å². The number of benzene rings is 1. The Kier molecular flexibility index (Phi) is 4.43. The number of amides is 3. The molecular weight excluding hydrogens is 338 g/mol. The highest BCUT2D eigenvalue weighted by Crippen LogP contribution is 2.29. The second-order valence-corrected chi connectivity index (χ2v) is 7.34. The molecule has 0 bridgehead atoms. The van der Waals surface area contributed by atoms with E-state index in [0.717, 1.165) is 20.5 Å². The van der Waals surface area contributed by atoms with Gasteiger partial charge in [-0.25, -0.2) is 4.98 Å². The molecule has 0 saturated heterocycles. The Morgan fingerprint density at radius 2 is 1.76 bits per heavy atom. The Morgan fingerprint density at radius 1 is 1.20 bits per heavy atom. The van der Waals surface area contributed by atoms with Crippen molar-refractivity contribution in [2.24, 2.45) is 0 Å². The maximum atomic E-state index is 12.6. The van der Waals surface area contributed by atoms with Gasteiger partial charge in [-0.2, -0.15) is 0 Å². The predicted octanol–water partition coefficient (Wildman–Crippen LogP) is 2.58. The molecule has 1 aromatic heterocycles. The first-order valence-electron chi connectivity index (χ1n) is 7.96. The van der Waals surface area contributed by atoms with Crippen molar-refractivity contribution in [2.75, 3.05) is 13.6 Å². The topological polar surface area (TPSA) is 70.6 Å². The van der Waals surface area contributed by atoms with Gasteiger partial charge in [0.15, 0.2) is 0 Å². The van der Waals surface area contributed by atoms with Crippen molar-refractivity contribution < 1.29 is 14.4 Å². The molecule has 7 heteroatoms. The molecule has 1 unspecified atom stereocenters. The van der Waals surface area contributed by atoms with Crippen LogP contribution in [0.5, 0.6) is 0 Å². The fourth-order valence-electron chi connectivity index (χ4n) is 2.96. The quantitative estimate of drug-likeness (QED) is 0.789. The van der Waals surface area contributed by atoms with Crippen LogP contribution in [0, 0.1) is 13.8 Å². The largest absolute Gasteiger partial charge is 0.337 e. The number of thiazole rings is 1. The van der Waals surface area contributed by atoms with E-state index in [9.17, 15) is 14.4 Å². The fourth-order valence-corrected chi connectivity index (χ4v) is 3.98. The Bertz CT molecular complexity index is 839. The lowest BCUT2D eigenvalue weighted by Crippen LogP contribution is -2.42. The van der Waals surface area contributed by atoms with Crippen LogP contribution in [0.1, 0.15) is 49.3 Å². The van der Waals surface area contributed by atoms with E-state index < -0.39 is 11.8 Å². The van der Waals surface area contributed by atoms with Crippen molar-refractivity contribution in [2.45, 2.75) is 26.8 Å². The van der Waals surface area contributed by atoms with E-state index in [1.54, 1.807) is 47.5 Å². The van der Waals surface area contributed by atoms with Gasteiger partial charge in [-0.3, -0.25) is 19.3 Å². The lowest BCUT2D eigenvalue weighted by Gasteiger charge is -2.26. The molecule has 130 valence electrons. The zero-order valence-electron chi connectivity index (χ0n) is 14.6. The zero-order chi connectivity index (χ0) is 18.3. The number of fused-ring (bicyclic) bond motifs is 1. The molecule has 3 amide bonds. The summed E-state index contributed by atoms with van der Waals surface area (Å²) in [5.41, 5.74) is 1.60. The molecule has 0 aliphatic carbocycles. The number of likely N-dealkylation sites (N-methyl/N-ethyl adjacent to an activating group) is 1. The SMILES string of the molecule is Cc1nc(C)c(C(C)N(C)C(=O)CN2C(=O)c3ccccc3C2=O)s1. The first-order chi connectivity index (χ1) is 11.8. The summed E-state index contributed by atoms with van der Waals surface area (Å²) in [6, 6.07) is 6.46. The maximum absolute atomic E-state index is 12.6. The molecule has 0 N–H and O–H groups in total. The average Bonchev–Trinajstić information content (AvgIpc) is 3.05. The normalized spacial score (nSPS) is 14.6. The Morgan fingerprint density at radius 3 is 2.24 bits per heavy atom. The highest BCUT2D eigenvalue weighted by atomic mass is 32.1. The summed E-state index contributed by atoms with van der Waals surface area (Å²) in [6.45, 7) is 5.50. The summed E-state index contributed by atoms with van der Waals surface area (Å²) in [5, 5.41) is 0.945. The van der Waals surface area contributed by atoms with Gasteiger partial charge in [0, 0.05) is 11.9 Å².